The van der Waals surface area contributed by atoms with E-state index in [9.17, 15) is 9.59 Å². The highest BCUT2D eigenvalue weighted by Gasteiger charge is 2.35. The number of nitrogens with one attached hydrogen (secondary N) is 1. The lowest BCUT2D eigenvalue weighted by Gasteiger charge is -2.42. The smallest absolute Gasteiger partial charge is 0.224 e. The minimum Gasteiger partial charge on any atom is -0.353 e. The van der Waals surface area contributed by atoms with Crippen LogP contribution in [0.3, 0.4) is 0 Å². The van der Waals surface area contributed by atoms with Crippen molar-refractivity contribution in [3.63, 3.8) is 0 Å². The second kappa shape index (κ2) is 9.04. The molecule has 0 bridgehead atoms. The number of halogens is 1. The van der Waals surface area contributed by atoms with Crippen molar-refractivity contribution < 1.29 is 9.59 Å². The number of rotatable bonds is 4. The van der Waals surface area contributed by atoms with Gasteiger partial charge in [-0.05, 0) is 31.6 Å². The molecule has 140 valence electrons. The highest BCUT2D eigenvalue weighted by Crippen LogP contribution is 2.28. The van der Waals surface area contributed by atoms with Crippen molar-refractivity contribution in [2.75, 3.05) is 13.1 Å². The summed E-state index contributed by atoms with van der Waals surface area (Å²) >= 11 is 0. The zero-order valence-electron chi connectivity index (χ0n) is 15.3. The van der Waals surface area contributed by atoms with E-state index >= 15 is 0 Å². The largest absolute Gasteiger partial charge is 0.353 e. The van der Waals surface area contributed by atoms with Crippen molar-refractivity contribution in [1.82, 2.24) is 10.2 Å². The average Bonchev–Trinajstić information content (AvgIpc) is 2.50. The topological polar surface area (TPSA) is 75.4 Å². The van der Waals surface area contributed by atoms with Gasteiger partial charge in [0.15, 0.2) is 0 Å². The van der Waals surface area contributed by atoms with Crippen LogP contribution >= 0.6 is 12.4 Å². The number of nitrogens with two attached hydrogens (primary N) is 1. The summed E-state index contributed by atoms with van der Waals surface area (Å²) in [6, 6.07) is 0.0469. The van der Waals surface area contributed by atoms with Crippen molar-refractivity contribution >= 4 is 24.2 Å². The van der Waals surface area contributed by atoms with Gasteiger partial charge in [-0.2, -0.15) is 0 Å². The highest BCUT2D eigenvalue weighted by molar-refractivity contribution is 5.85. The summed E-state index contributed by atoms with van der Waals surface area (Å²) in [7, 11) is 0. The Morgan fingerprint density at radius 2 is 1.83 bits per heavy atom. The molecule has 0 spiro atoms. The zero-order valence-corrected chi connectivity index (χ0v) is 16.2. The van der Waals surface area contributed by atoms with E-state index in [2.05, 4.69) is 19.2 Å². The van der Waals surface area contributed by atoms with Gasteiger partial charge < -0.3 is 16.0 Å². The van der Waals surface area contributed by atoms with E-state index in [1.54, 1.807) is 0 Å². The number of amides is 2. The molecule has 24 heavy (non-hydrogen) atoms. The molecule has 2 amide bonds. The first-order valence-electron chi connectivity index (χ1n) is 9.13. The van der Waals surface area contributed by atoms with Crippen molar-refractivity contribution in [1.29, 1.82) is 0 Å². The molecule has 2 atom stereocenters. The minimum absolute atomic E-state index is 0. The molecular weight excluding hydrogens is 326 g/mol. The predicted molar refractivity (Wildman–Crippen MR) is 99.0 cm³/mol. The minimum atomic E-state index is -0.101. The normalized spacial score (nSPS) is 25.5. The molecule has 0 radical (unpaired) electrons. The second-order valence-corrected chi connectivity index (χ2v) is 8.15. The van der Waals surface area contributed by atoms with Crippen LogP contribution in [-0.4, -0.2) is 41.9 Å². The molecule has 1 aliphatic heterocycles. The molecule has 6 heteroatoms. The van der Waals surface area contributed by atoms with E-state index < -0.39 is 0 Å². The Balaban J connectivity index is 0.00000288. The molecule has 1 saturated heterocycles. The fourth-order valence-corrected chi connectivity index (χ4v) is 3.75. The summed E-state index contributed by atoms with van der Waals surface area (Å²) in [4.78, 5) is 26.7. The van der Waals surface area contributed by atoms with Crippen LogP contribution in [0.15, 0.2) is 0 Å². The molecule has 3 N–H and O–H groups in total. The molecule has 2 aliphatic rings. The molecule has 2 fully saturated rings. The summed E-state index contributed by atoms with van der Waals surface area (Å²) in [5.41, 5.74) is 6.09. The van der Waals surface area contributed by atoms with Crippen molar-refractivity contribution in [3.05, 3.63) is 0 Å². The molecule has 5 nitrogen and oxygen atoms in total. The Morgan fingerprint density at radius 1 is 1.21 bits per heavy atom. The van der Waals surface area contributed by atoms with Crippen LogP contribution in [0, 0.1) is 11.3 Å². The van der Waals surface area contributed by atoms with Gasteiger partial charge in [-0.3, -0.25) is 9.59 Å². The monoisotopic (exact) mass is 359 g/mol. The fourth-order valence-electron chi connectivity index (χ4n) is 3.75. The SMILES string of the molecule is CC(CC(=O)N1CCC(N)C(C)(C)C1)NC(=O)C1CCCCC1.Cl. The van der Waals surface area contributed by atoms with Gasteiger partial charge in [-0.25, -0.2) is 0 Å². The lowest BCUT2D eigenvalue weighted by Crippen LogP contribution is -2.54. The first-order chi connectivity index (χ1) is 10.8. The first kappa shape index (κ1) is 21.2. The lowest BCUT2D eigenvalue weighted by molar-refractivity contribution is -0.135. The summed E-state index contributed by atoms with van der Waals surface area (Å²) in [6.07, 6.45) is 6.74. The standard InChI is InChI=1S/C18H33N3O2.ClH/c1-13(20-17(23)14-7-5-4-6-8-14)11-16(22)21-10-9-15(19)18(2,3)12-21;/h13-15H,4-12,19H2,1-3H3,(H,20,23);1H. The lowest BCUT2D eigenvalue weighted by atomic mass is 9.79. The molecule has 2 unspecified atom stereocenters. The van der Waals surface area contributed by atoms with Crippen LogP contribution < -0.4 is 11.1 Å². The molecule has 2 rings (SSSR count). The van der Waals surface area contributed by atoms with Crippen molar-refractivity contribution in [2.24, 2.45) is 17.1 Å². The third kappa shape index (κ3) is 5.62. The Labute approximate surface area is 152 Å². The van der Waals surface area contributed by atoms with Gasteiger partial charge in [-0.15, -0.1) is 12.4 Å². The van der Waals surface area contributed by atoms with Crippen LogP contribution in [-0.2, 0) is 9.59 Å². The molecule has 0 aromatic carbocycles. The molecule has 0 aromatic heterocycles. The quantitative estimate of drug-likeness (QED) is 0.809. The molecule has 0 aromatic rings. The number of likely N-dealkylation sites (tertiary alicyclic amines) is 1. The Morgan fingerprint density at radius 3 is 2.42 bits per heavy atom. The molecule has 1 heterocycles. The predicted octanol–water partition coefficient (Wildman–Crippen LogP) is 2.47. The maximum absolute atomic E-state index is 12.5. The van der Waals surface area contributed by atoms with Crippen LogP contribution in [0.2, 0.25) is 0 Å². The van der Waals surface area contributed by atoms with Gasteiger partial charge in [0.25, 0.3) is 0 Å². The summed E-state index contributed by atoms with van der Waals surface area (Å²) in [5, 5.41) is 3.04. The number of hydrogen-bond donors (Lipinski definition) is 2. The van der Waals surface area contributed by atoms with Gasteiger partial charge in [0.1, 0.15) is 0 Å². The third-order valence-corrected chi connectivity index (χ3v) is 5.51. The van der Waals surface area contributed by atoms with Crippen LogP contribution in [0.5, 0.6) is 0 Å². The highest BCUT2D eigenvalue weighted by atomic mass is 35.5. The van der Waals surface area contributed by atoms with Crippen molar-refractivity contribution in [2.45, 2.75) is 77.8 Å². The van der Waals surface area contributed by atoms with E-state index in [4.69, 9.17) is 5.73 Å². The second-order valence-electron chi connectivity index (χ2n) is 8.15. The molecule has 1 aliphatic carbocycles. The van der Waals surface area contributed by atoms with E-state index in [1.165, 1.54) is 6.42 Å². The number of nitrogens with zero attached hydrogens (tertiary/aromatic N) is 1. The van der Waals surface area contributed by atoms with Gasteiger partial charge in [0, 0.05) is 37.5 Å². The van der Waals surface area contributed by atoms with Crippen molar-refractivity contribution in [3.8, 4) is 0 Å². The van der Waals surface area contributed by atoms with E-state index in [0.717, 1.165) is 38.6 Å². The Kier molecular flexibility index (Phi) is 8.00. The van der Waals surface area contributed by atoms with Gasteiger partial charge in [-0.1, -0.05) is 33.1 Å². The summed E-state index contributed by atoms with van der Waals surface area (Å²) in [6.45, 7) is 7.60. The number of piperidine rings is 1. The van der Waals surface area contributed by atoms with Crippen LogP contribution in [0.25, 0.3) is 0 Å². The number of carbonyl (C=O) groups is 2. The van der Waals surface area contributed by atoms with E-state index in [0.29, 0.717) is 13.0 Å². The summed E-state index contributed by atoms with van der Waals surface area (Å²) < 4.78 is 0. The Bertz CT molecular complexity index is 436. The van der Waals surface area contributed by atoms with Gasteiger partial charge in [0.2, 0.25) is 11.8 Å². The third-order valence-electron chi connectivity index (χ3n) is 5.51. The van der Waals surface area contributed by atoms with Crippen LogP contribution in [0.4, 0.5) is 0 Å². The molecular formula is C18H34ClN3O2. The van der Waals surface area contributed by atoms with E-state index in [-0.39, 0.29) is 47.6 Å². The fraction of sp³-hybridized carbons (Fsp3) is 0.889. The van der Waals surface area contributed by atoms with Crippen LogP contribution in [0.1, 0.15) is 65.7 Å². The van der Waals surface area contributed by atoms with Gasteiger partial charge >= 0.3 is 0 Å². The first-order valence-corrected chi connectivity index (χ1v) is 9.13. The number of carbonyl (C=O) groups excluding carboxylic acids is 2. The number of hydrogen-bond acceptors (Lipinski definition) is 3. The van der Waals surface area contributed by atoms with E-state index in [1.807, 2.05) is 11.8 Å². The maximum atomic E-state index is 12.5. The zero-order chi connectivity index (χ0) is 17.0. The Hall–Kier alpha value is -0.810. The summed E-state index contributed by atoms with van der Waals surface area (Å²) in [5.74, 6) is 0.403. The average molecular weight is 360 g/mol. The van der Waals surface area contributed by atoms with Gasteiger partial charge in [0.05, 0.1) is 0 Å². The maximum Gasteiger partial charge on any atom is 0.224 e. The molecule has 1 saturated carbocycles.